The summed E-state index contributed by atoms with van der Waals surface area (Å²) in [7, 11) is 0. The Labute approximate surface area is 74.7 Å². The van der Waals surface area contributed by atoms with E-state index in [0.717, 1.165) is 0 Å². The van der Waals surface area contributed by atoms with Crippen molar-refractivity contribution in [3.05, 3.63) is 0 Å². The van der Waals surface area contributed by atoms with Crippen molar-refractivity contribution in [3.63, 3.8) is 0 Å². The zero-order valence-corrected chi connectivity index (χ0v) is 7.96. The number of alkyl halides is 7. The standard InChI is InChI=1S/C5H5F6I/c1-3(4(6,7)8)2-12-5(9,10)11/h2-3H,1H3. The maximum atomic E-state index is 11.6. The van der Waals surface area contributed by atoms with Crippen LogP contribution in [-0.4, -0.2) is 14.4 Å². The van der Waals surface area contributed by atoms with Crippen LogP contribution < -0.4 is 0 Å². The van der Waals surface area contributed by atoms with E-state index in [-0.39, 0.29) is 0 Å². The number of hydrogen-bond donors (Lipinski definition) is 0. The maximum absolute atomic E-state index is 11.6. The molecular weight excluding hydrogens is 301 g/mol. The van der Waals surface area contributed by atoms with Gasteiger partial charge in [-0.3, -0.25) is 0 Å². The second kappa shape index (κ2) is 3.93. The SMILES string of the molecule is CC(C=IC(F)(F)F)C(F)(F)F. The first-order valence-corrected chi connectivity index (χ1v) is 5.06. The summed E-state index contributed by atoms with van der Waals surface area (Å²) in [6.07, 6.45) is -4.55. The monoisotopic (exact) mass is 306 g/mol. The lowest BCUT2D eigenvalue weighted by molar-refractivity contribution is -0.149. The lowest BCUT2D eigenvalue weighted by Crippen LogP contribution is -2.20. The van der Waals surface area contributed by atoms with Crippen molar-refractivity contribution >= 4 is 24.7 Å². The van der Waals surface area contributed by atoms with E-state index in [1.54, 1.807) is 0 Å². The zero-order valence-electron chi connectivity index (χ0n) is 5.80. The van der Waals surface area contributed by atoms with E-state index in [9.17, 15) is 26.3 Å². The first-order chi connectivity index (χ1) is 5.13. The van der Waals surface area contributed by atoms with Crippen LogP contribution in [0.25, 0.3) is 0 Å². The Kier molecular flexibility index (Phi) is 3.98. The van der Waals surface area contributed by atoms with Crippen molar-refractivity contribution < 1.29 is 26.3 Å². The fraction of sp³-hybridized carbons (Fsp3) is 0.800. The van der Waals surface area contributed by atoms with Crippen molar-refractivity contribution in [2.24, 2.45) is 5.92 Å². The van der Waals surface area contributed by atoms with Crippen LogP contribution in [0.1, 0.15) is 6.92 Å². The first-order valence-electron chi connectivity index (χ1n) is 2.74. The quantitative estimate of drug-likeness (QED) is 0.395. The molecule has 1 unspecified atom stereocenters. The Morgan fingerprint density at radius 1 is 1.08 bits per heavy atom. The highest BCUT2D eigenvalue weighted by Crippen LogP contribution is 2.33. The minimum Gasteiger partial charge on any atom is -0.170 e. The highest BCUT2D eigenvalue weighted by atomic mass is 127. The van der Waals surface area contributed by atoms with Crippen LogP contribution in [0.4, 0.5) is 26.3 Å². The van der Waals surface area contributed by atoms with Crippen LogP contribution in [0.2, 0.25) is 0 Å². The molecule has 0 nitrogen and oxygen atoms in total. The molecule has 0 aromatic heterocycles. The molecule has 74 valence electrons. The van der Waals surface area contributed by atoms with Gasteiger partial charge in [-0.05, 0) is 31.7 Å². The largest absolute Gasteiger partial charge is 0.435 e. The number of rotatable bonds is 1. The topological polar surface area (TPSA) is 0 Å². The summed E-state index contributed by atoms with van der Waals surface area (Å²) in [5, 5.41) is 0. The Balaban J connectivity index is 4.19. The minimum atomic E-state index is -4.55. The Morgan fingerprint density at radius 2 is 1.50 bits per heavy atom. The predicted molar refractivity (Wildman–Crippen MR) is 41.4 cm³/mol. The summed E-state index contributed by atoms with van der Waals surface area (Å²) in [6, 6.07) is 0. The zero-order chi connectivity index (χ0) is 9.99. The molecule has 0 aliphatic heterocycles. The van der Waals surface area contributed by atoms with E-state index < -0.39 is 37.0 Å². The van der Waals surface area contributed by atoms with Crippen molar-refractivity contribution in [2.45, 2.75) is 17.3 Å². The summed E-state index contributed by atoms with van der Waals surface area (Å²) in [4.78, 5) is 0. The minimum absolute atomic E-state index is 0.318. The van der Waals surface area contributed by atoms with Gasteiger partial charge in [-0.1, -0.05) is 0 Å². The van der Waals surface area contributed by atoms with Gasteiger partial charge < -0.3 is 0 Å². The molecule has 0 aromatic carbocycles. The fourth-order valence-corrected chi connectivity index (χ4v) is 1.59. The molecule has 0 aliphatic carbocycles. The van der Waals surface area contributed by atoms with Crippen LogP contribution in [0.15, 0.2) is 0 Å². The van der Waals surface area contributed by atoms with E-state index in [1.807, 2.05) is 0 Å². The van der Waals surface area contributed by atoms with Crippen molar-refractivity contribution in [1.29, 1.82) is 0 Å². The number of hydrogen-bond acceptors (Lipinski definition) is 0. The van der Waals surface area contributed by atoms with Crippen molar-refractivity contribution in [1.82, 2.24) is 0 Å². The molecule has 7 heteroatoms. The summed E-state index contributed by atoms with van der Waals surface area (Å²) in [6.45, 7) is 0.714. The molecule has 0 amide bonds. The first kappa shape index (κ1) is 12.2. The van der Waals surface area contributed by atoms with Gasteiger partial charge in [-0.15, -0.1) is 0 Å². The highest BCUT2D eigenvalue weighted by Gasteiger charge is 2.35. The van der Waals surface area contributed by atoms with Gasteiger partial charge in [0.25, 0.3) is 0 Å². The van der Waals surface area contributed by atoms with E-state index in [1.165, 1.54) is 0 Å². The molecule has 0 radical (unpaired) electrons. The molecule has 0 aromatic rings. The van der Waals surface area contributed by atoms with Crippen LogP contribution >= 0.6 is 20.7 Å². The number of halogens is 7. The molecule has 0 heterocycles. The van der Waals surface area contributed by atoms with Gasteiger partial charge in [-0.2, -0.15) is 26.3 Å². The fourth-order valence-electron chi connectivity index (χ4n) is 0.237. The Hall–Kier alpha value is 0.180. The maximum Gasteiger partial charge on any atom is 0.435 e. The van der Waals surface area contributed by atoms with Gasteiger partial charge in [0.2, 0.25) is 0 Å². The molecule has 0 bridgehead atoms. The van der Waals surface area contributed by atoms with Crippen LogP contribution in [-0.2, 0) is 0 Å². The molecule has 1 atom stereocenters. The van der Waals surface area contributed by atoms with Crippen molar-refractivity contribution in [2.75, 3.05) is 0 Å². The third kappa shape index (κ3) is 5.78. The van der Waals surface area contributed by atoms with E-state index >= 15 is 0 Å². The molecule has 12 heavy (non-hydrogen) atoms. The lowest BCUT2D eigenvalue weighted by Gasteiger charge is -2.10. The normalized spacial score (nSPS) is 17.6. The second-order valence-corrected chi connectivity index (χ2v) is 4.56. The summed E-state index contributed by atoms with van der Waals surface area (Å²) >= 11 is -2.47. The molecule has 0 aliphatic rings. The van der Waals surface area contributed by atoms with Crippen LogP contribution in [0, 0.1) is 5.92 Å². The summed E-state index contributed by atoms with van der Waals surface area (Å²) in [5.41, 5.74) is 0. The summed E-state index contributed by atoms with van der Waals surface area (Å²) < 4.78 is 65.2. The van der Waals surface area contributed by atoms with E-state index in [4.69, 9.17) is 0 Å². The molecule has 0 saturated carbocycles. The van der Waals surface area contributed by atoms with E-state index in [2.05, 4.69) is 0 Å². The van der Waals surface area contributed by atoms with Gasteiger partial charge >= 0.3 is 10.4 Å². The highest BCUT2D eigenvalue weighted by molar-refractivity contribution is 14.2. The van der Waals surface area contributed by atoms with Crippen molar-refractivity contribution in [3.8, 4) is 0 Å². The third-order valence-corrected chi connectivity index (χ3v) is 3.04. The van der Waals surface area contributed by atoms with Gasteiger partial charge in [-0.25, -0.2) is 0 Å². The van der Waals surface area contributed by atoms with Gasteiger partial charge in [0.15, 0.2) is 0 Å². The molecule has 0 saturated heterocycles. The Morgan fingerprint density at radius 3 is 1.75 bits per heavy atom. The average Bonchev–Trinajstić information content (AvgIpc) is 1.78. The van der Waals surface area contributed by atoms with E-state index in [0.29, 0.717) is 10.9 Å². The lowest BCUT2D eigenvalue weighted by atomic mass is 10.2. The summed E-state index contributed by atoms with van der Waals surface area (Å²) in [5.74, 6) is -1.97. The third-order valence-electron chi connectivity index (χ3n) is 0.892. The van der Waals surface area contributed by atoms with Crippen LogP contribution in [0.3, 0.4) is 0 Å². The Bertz CT molecular complexity index is 166. The average molecular weight is 306 g/mol. The van der Waals surface area contributed by atoms with Crippen LogP contribution in [0.5, 0.6) is 0 Å². The smallest absolute Gasteiger partial charge is 0.170 e. The molecule has 0 N–H and O–H groups in total. The predicted octanol–water partition coefficient (Wildman–Crippen LogP) is 3.48. The van der Waals surface area contributed by atoms with Gasteiger partial charge in [0.05, 0.1) is 5.92 Å². The molecule has 0 spiro atoms. The van der Waals surface area contributed by atoms with Gasteiger partial charge in [0.1, 0.15) is 0 Å². The molecular formula is C5H5F6I. The molecule has 0 fully saturated rings. The molecule has 0 rings (SSSR count). The second-order valence-electron chi connectivity index (χ2n) is 1.99. The van der Waals surface area contributed by atoms with Gasteiger partial charge in [0, 0.05) is 0 Å².